The number of ether oxygens (including phenoxy) is 1. The highest BCUT2D eigenvalue weighted by Gasteiger charge is 2.48. The van der Waals surface area contributed by atoms with Crippen LogP contribution in [0.3, 0.4) is 0 Å². The molecule has 0 radical (unpaired) electrons. The second-order valence-corrected chi connectivity index (χ2v) is 15.6. The first-order valence-electron chi connectivity index (χ1n) is 19.0. The van der Waals surface area contributed by atoms with E-state index in [2.05, 4.69) is 21.3 Å². The minimum atomic E-state index is -0.988. The summed E-state index contributed by atoms with van der Waals surface area (Å²) in [6.45, 7) is 12.4. The average molecular weight is 718 g/mol. The molecule has 52 heavy (non-hydrogen) atoms. The van der Waals surface area contributed by atoms with Crippen molar-refractivity contribution in [2.75, 3.05) is 32.8 Å². The van der Waals surface area contributed by atoms with Crippen LogP contribution in [0.1, 0.15) is 77.8 Å². The zero-order valence-electron chi connectivity index (χ0n) is 31.6. The zero-order chi connectivity index (χ0) is 37.7. The molecule has 2 aromatic rings. The first kappa shape index (κ1) is 40.7. The van der Waals surface area contributed by atoms with Crippen molar-refractivity contribution in [3.8, 4) is 0 Å². The van der Waals surface area contributed by atoms with Crippen molar-refractivity contribution in [3.05, 3.63) is 71.8 Å². The molecule has 1 aliphatic carbocycles. The van der Waals surface area contributed by atoms with Crippen molar-refractivity contribution in [2.45, 2.75) is 104 Å². The predicted molar refractivity (Wildman–Crippen MR) is 201 cm³/mol. The van der Waals surface area contributed by atoms with Gasteiger partial charge in [0.1, 0.15) is 18.1 Å². The maximum atomic E-state index is 14.1. The number of carbonyl (C=O) groups is 5. The normalized spacial score (nSPS) is 17.8. The predicted octanol–water partition coefficient (Wildman–Crippen LogP) is 3.59. The van der Waals surface area contributed by atoms with Gasteiger partial charge in [-0.05, 0) is 61.5 Å². The minimum absolute atomic E-state index is 0.0292. The Hall–Kier alpha value is -4.09. The van der Waals surface area contributed by atoms with Gasteiger partial charge in [-0.15, -0.1) is 0 Å². The van der Waals surface area contributed by atoms with Gasteiger partial charge in [0.05, 0.1) is 25.8 Å². The number of benzene rings is 2. The Bertz CT molecular complexity index is 1470. The van der Waals surface area contributed by atoms with Crippen molar-refractivity contribution in [1.29, 1.82) is 0 Å². The molecule has 11 heteroatoms. The van der Waals surface area contributed by atoms with E-state index in [1.54, 1.807) is 0 Å². The van der Waals surface area contributed by atoms with Gasteiger partial charge in [-0.1, -0.05) is 95.3 Å². The first-order valence-corrected chi connectivity index (χ1v) is 19.0. The Morgan fingerprint density at radius 3 is 1.75 bits per heavy atom. The van der Waals surface area contributed by atoms with Crippen LogP contribution in [0.2, 0.25) is 0 Å². The number of amides is 4. The van der Waals surface area contributed by atoms with Gasteiger partial charge in [0.25, 0.3) is 0 Å². The third kappa shape index (κ3) is 13.2. The lowest BCUT2D eigenvalue weighted by Gasteiger charge is -2.29. The average Bonchev–Trinajstić information content (AvgIpc) is 3.87. The fourth-order valence-corrected chi connectivity index (χ4v) is 6.56. The zero-order valence-corrected chi connectivity index (χ0v) is 31.6. The minimum Gasteiger partial charge on any atom is -0.379 e. The van der Waals surface area contributed by atoms with Gasteiger partial charge >= 0.3 is 0 Å². The van der Waals surface area contributed by atoms with E-state index in [9.17, 15) is 24.0 Å². The maximum absolute atomic E-state index is 14.1. The van der Waals surface area contributed by atoms with Gasteiger partial charge in [0.2, 0.25) is 23.6 Å². The van der Waals surface area contributed by atoms with E-state index in [1.165, 1.54) is 0 Å². The highest BCUT2D eigenvalue weighted by molar-refractivity contribution is 5.97. The SMILES string of the molecule is CC(C)CC(NC(=O)[C@H](CCc1ccccc1)NC(=O)CN1CCOCC1)C(=O)N[C@@H](Cc1ccccc1)C(=O)N[C@H](CC(C)C)C(=O)C1(C)CC1. The standard InChI is InChI=1S/C41H59N5O6/c1-28(2)24-33(37(48)41(5)18-19-41)43-40(51)35(26-31-14-10-7-11-15-31)45-39(50)34(25-29(3)4)44-38(49)32(17-16-30-12-8-6-9-13-30)42-36(47)27-46-20-22-52-23-21-46/h6-15,28-29,32-35H,16-27H2,1-5H3,(H,42,47)(H,43,51)(H,44,49)(H,45,50)/t32-,33+,34?,35-/m0/s1. The molecular formula is C41H59N5O6. The molecule has 0 aromatic heterocycles. The molecular weight excluding hydrogens is 658 g/mol. The topological polar surface area (TPSA) is 146 Å². The van der Waals surface area contributed by atoms with Crippen LogP contribution in [0, 0.1) is 17.3 Å². The summed E-state index contributed by atoms with van der Waals surface area (Å²) in [5.74, 6) is -1.44. The molecule has 1 aliphatic heterocycles. The number of ketones is 1. The quantitative estimate of drug-likeness (QED) is 0.164. The molecule has 4 rings (SSSR count). The summed E-state index contributed by atoms with van der Waals surface area (Å²) < 4.78 is 5.41. The molecule has 2 fully saturated rings. The third-order valence-corrected chi connectivity index (χ3v) is 9.88. The number of hydrogen-bond acceptors (Lipinski definition) is 7. The largest absolute Gasteiger partial charge is 0.379 e. The van der Waals surface area contributed by atoms with Gasteiger partial charge in [0, 0.05) is 24.9 Å². The molecule has 0 spiro atoms. The van der Waals surface area contributed by atoms with Gasteiger partial charge in [0.15, 0.2) is 5.78 Å². The smallest absolute Gasteiger partial charge is 0.243 e. The Morgan fingerprint density at radius 2 is 1.17 bits per heavy atom. The molecule has 1 heterocycles. The third-order valence-electron chi connectivity index (χ3n) is 9.88. The van der Waals surface area contributed by atoms with Crippen molar-refractivity contribution in [1.82, 2.24) is 26.2 Å². The molecule has 1 saturated carbocycles. The molecule has 284 valence electrons. The molecule has 2 aromatic carbocycles. The van der Waals surface area contributed by atoms with E-state index >= 15 is 0 Å². The van der Waals surface area contributed by atoms with Crippen molar-refractivity contribution in [2.24, 2.45) is 17.3 Å². The van der Waals surface area contributed by atoms with Crippen LogP contribution in [-0.2, 0) is 41.6 Å². The molecule has 4 atom stereocenters. The Morgan fingerprint density at radius 1 is 0.673 bits per heavy atom. The molecule has 4 amide bonds. The van der Waals surface area contributed by atoms with Crippen molar-refractivity contribution in [3.63, 3.8) is 0 Å². The number of nitrogens with zero attached hydrogens (tertiary/aromatic N) is 1. The fraction of sp³-hybridized carbons (Fsp3) is 0.585. The van der Waals surface area contributed by atoms with E-state index in [0.29, 0.717) is 52.0 Å². The summed E-state index contributed by atoms with van der Waals surface area (Å²) >= 11 is 0. The second-order valence-electron chi connectivity index (χ2n) is 15.6. The number of rotatable bonds is 20. The summed E-state index contributed by atoms with van der Waals surface area (Å²) in [5, 5.41) is 11.8. The van der Waals surface area contributed by atoms with E-state index < -0.39 is 47.3 Å². The Balaban J connectivity index is 1.51. The van der Waals surface area contributed by atoms with Crippen LogP contribution in [0.5, 0.6) is 0 Å². The van der Waals surface area contributed by atoms with Crippen molar-refractivity contribution < 1.29 is 28.7 Å². The van der Waals surface area contributed by atoms with Crippen molar-refractivity contribution >= 4 is 29.4 Å². The highest BCUT2D eigenvalue weighted by atomic mass is 16.5. The van der Waals surface area contributed by atoms with Crippen LogP contribution in [-0.4, -0.2) is 91.3 Å². The molecule has 1 saturated heterocycles. The summed E-state index contributed by atoms with van der Waals surface area (Å²) in [5.41, 5.74) is 1.45. The number of hydrogen-bond donors (Lipinski definition) is 4. The van der Waals surface area contributed by atoms with Crippen LogP contribution >= 0.6 is 0 Å². The van der Waals surface area contributed by atoms with Crippen LogP contribution < -0.4 is 21.3 Å². The Kier molecular flexibility index (Phi) is 15.4. The summed E-state index contributed by atoms with van der Waals surface area (Å²) in [7, 11) is 0. The van der Waals surface area contributed by atoms with Crippen LogP contribution in [0.25, 0.3) is 0 Å². The number of aryl methyl sites for hydroxylation is 1. The molecule has 11 nitrogen and oxygen atoms in total. The monoisotopic (exact) mass is 717 g/mol. The lowest BCUT2D eigenvalue weighted by atomic mass is 9.91. The van der Waals surface area contributed by atoms with E-state index in [0.717, 1.165) is 24.0 Å². The first-order chi connectivity index (χ1) is 24.8. The van der Waals surface area contributed by atoms with Gasteiger partial charge in [-0.2, -0.15) is 0 Å². The van der Waals surface area contributed by atoms with E-state index in [1.807, 2.05) is 100 Å². The van der Waals surface area contributed by atoms with Crippen LogP contribution in [0.15, 0.2) is 60.7 Å². The molecule has 2 aliphatic rings. The Labute approximate surface area is 309 Å². The summed E-state index contributed by atoms with van der Waals surface area (Å²) in [4.78, 5) is 70.7. The van der Waals surface area contributed by atoms with Gasteiger partial charge in [-0.3, -0.25) is 28.9 Å². The molecule has 4 N–H and O–H groups in total. The summed E-state index contributed by atoms with van der Waals surface area (Å²) in [6.07, 6.45) is 3.51. The van der Waals surface area contributed by atoms with Gasteiger partial charge in [-0.25, -0.2) is 0 Å². The van der Waals surface area contributed by atoms with E-state index in [-0.39, 0.29) is 36.5 Å². The maximum Gasteiger partial charge on any atom is 0.243 e. The number of morpholine rings is 1. The lowest BCUT2D eigenvalue weighted by Crippen LogP contribution is -2.59. The lowest BCUT2D eigenvalue weighted by molar-refractivity contribution is -0.135. The second kappa shape index (κ2) is 19.7. The molecule has 1 unspecified atom stereocenters. The van der Waals surface area contributed by atoms with E-state index in [4.69, 9.17) is 4.74 Å². The fourth-order valence-electron chi connectivity index (χ4n) is 6.56. The number of carbonyl (C=O) groups excluding carboxylic acids is 5. The highest BCUT2D eigenvalue weighted by Crippen LogP contribution is 2.47. The number of Topliss-reactive ketones (excluding diaryl/α,β-unsaturated/α-hetero) is 1. The molecule has 0 bridgehead atoms. The van der Waals surface area contributed by atoms with Crippen LogP contribution in [0.4, 0.5) is 0 Å². The van der Waals surface area contributed by atoms with Gasteiger partial charge < -0.3 is 26.0 Å². The summed E-state index contributed by atoms with van der Waals surface area (Å²) in [6, 6.07) is 15.6. The number of nitrogens with one attached hydrogen (secondary N) is 4.